The molecule has 25 heavy (non-hydrogen) atoms. The predicted octanol–water partition coefficient (Wildman–Crippen LogP) is 2.54. The van der Waals surface area contributed by atoms with Gasteiger partial charge in [-0.05, 0) is 57.0 Å². The molecule has 0 saturated carbocycles. The number of carboxylic acid groups (broad SMARTS) is 1. The van der Waals surface area contributed by atoms with Gasteiger partial charge in [-0.3, -0.25) is 4.79 Å². The van der Waals surface area contributed by atoms with E-state index in [1.165, 1.54) is 11.1 Å². The lowest BCUT2D eigenvalue weighted by Crippen LogP contribution is -2.28. The highest BCUT2D eigenvalue weighted by molar-refractivity contribution is 5.95. The maximum Gasteiger partial charge on any atom is 0.329 e. The number of benzene rings is 1. The molecule has 1 heterocycles. The van der Waals surface area contributed by atoms with E-state index in [2.05, 4.69) is 41.9 Å². The molecule has 2 N–H and O–H groups in total. The minimum atomic E-state index is -1.02. The van der Waals surface area contributed by atoms with Gasteiger partial charge >= 0.3 is 5.97 Å². The number of ether oxygens (including phenoxy) is 1. The van der Waals surface area contributed by atoms with Gasteiger partial charge in [-0.2, -0.15) is 0 Å². The minimum Gasteiger partial charge on any atom is -0.480 e. The van der Waals surface area contributed by atoms with E-state index in [0.717, 1.165) is 17.1 Å². The van der Waals surface area contributed by atoms with Gasteiger partial charge in [0.2, 0.25) is 0 Å². The lowest BCUT2D eigenvalue weighted by atomic mass is 10.1. The number of carbonyl (C=O) groups excluding carboxylic acids is 1. The number of amides is 1. The molecule has 134 valence electrons. The Bertz CT molecular complexity index is 773. The first-order chi connectivity index (χ1) is 11.8. The smallest absolute Gasteiger partial charge is 0.329 e. The summed E-state index contributed by atoms with van der Waals surface area (Å²) in [6, 6.07) is 8.16. The van der Waals surface area contributed by atoms with Crippen molar-refractivity contribution in [3.63, 3.8) is 0 Å². The highest BCUT2D eigenvalue weighted by Gasteiger charge is 2.16. The van der Waals surface area contributed by atoms with Crippen molar-refractivity contribution in [1.29, 1.82) is 0 Å². The SMILES string of the molecule is Cc1cc(C)cc(-n2c(C)cc(C(=O)NCCOCC(=O)O)c2C)c1. The fourth-order valence-corrected chi connectivity index (χ4v) is 2.96. The zero-order valence-corrected chi connectivity index (χ0v) is 15.0. The molecule has 0 aliphatic rings. The predicted molar refractivity (Wildman–Crippen MR) is 95.5 cm³/mol. The van der Waals surface area contributed by atoms with Crippen LogP contribution in [0.2, 0.25) is 0 Å². The Morgan fingerprint density at radius 2 is 1.72 bits per heavy atom. The van der Waals surface area contributed by atoms with E-state index in [1.54, 1.807) is 0 Å². The molecule has 2 rings (SSSR count). The first-order valence-corrected chi connectivity index (χ1v) is 8.15. The summed E-state index contributed by atoms with van der Waals surface area (Å²) in [6.07, 6.45) is 0. The molecule has 0 atom stereocenters. The van der Waals surface area contributed by atoms with Crippen molar-refractivity contribution in [3.05, 3.63) is 52.3 Å². The number of nitrogens with one attached hydrogen (secondary N) is 1. The average molecular weight is 344 g/mol. The molecular formula is C19H24N2O4. The van der Waals surface area contributed by atoms with Crippen molar-refractivity contribution in [2.45, 2.75) is 27.7 Å². The topological polar surface area (TPSA) is 80.6 Å². The van der Waals surface area contributed by atoms with E-state index in [1.807, 2.05) is 19.9 Å². The van der Waals surface area contributed by atoms with Crippen LogP contribution in [-0.2, 0) is 9.53 Å². The van der Waals surface area contributed by atoms with Crippen molar-refractivity contribution < 1.29 is 19.4 Å². The molecule has 6 nitrogen and oxygen atoms in total. The third-order valence-electron chi connectivity index (χ3n) is 3.90. The Morgan fingerprint density at radius 1 is 1.08 bits per heavy atom. The lowest BCUT2D eigenvalue weighted by molar-refractivity contribution is -0.142. The van der Waals surface area contributed by atoms with E-state index in [0.29, 0.717) is 5.56 Å². The van der Waals surface area contributed by atoms with Crippen LogP contribution in [0.5, 0.6) is 0 Å². The fourth-order valence-electron chi connectivity index (χ4n) is 2.96. The average Bonchev–Trinajstić information content (AvgIpc) is 2.80. The Kier molecular flexibility index (Phi) is 5.98. The fraction of sp³-hybridized carbons (Fsp3) is 0.368. The number of aromatic nitrogens is 1. The Hall–Kier alpha value is -2.60. The van der Waals surface area contributed by atoms with E-state index in [9.17, 15) is 9.59 Å². The normalized spacial score (nSPS) is 10.7. The molecule has 0 aliphatic heterocycles. The van der Waals surface area contributed by atoms with Gasteiger partial charge in [-0.1, -0.05) is 6.07 Å². The van der Waals surface area contributed by atoms with Crippen LogP contribution in [-0.4, -0.2) is 41.3 Å². The third-order valence-corrected chi connectivity index (χ3v) is 3.90. The second kappa shape index (κ2) is 7.98. The quantitative estimate of drug-likeness (QED) is 0.757. The summed E-state index contributed by atoms with van der Waals surface area (Å²) in [5, 5.41) is 11.3. The van der Waals surface area contributed by atoms with Crippen LogP contribution in [0, 0.1) is 27.7 Å². The van der Waals surface area contributed by atoms with Crippen LogP contribution in [0.25, 0.3) is 5.69 Å². The zero-order chi connectivity index (χ0) is 18.6. The molecule has 6 heteroatoms. The number of hydrogen-bond acceptors (Lipinski definition) is 3. The van der Waals surface area contributed by atoms with Crippen molar-refractivity contribution in [3.8, 4) is 5.69 Å². The van der Waals surface area contributed by atoms with Gasteiger partial charge in [0.05, 0.1) is 12.2 Å². The van der Waals surface area contributed by atoms with Gasteiger partial charge in [-0.15, -0.1) is 0 Å². The van der Waals surface area contributed by atoms with Gasteiger partial charge in [0.1, 0.15) is 6.61 Å². The molecule has 0 bridgehead atoms. The van der Waals surface area contributed by atoms with Crippen molar-refractivity contribution >= 4 is 11.9 Å². The van der Waals surface area contributed by atoms with Gasteiger partial charge in [0, 0.05) is 23.6 Å². The first-order valence-electron chi connectivity index (χ1n) is 8.15. The summed E-state index contributed by atoms with van der Waals surface area (Å²) in [5.74, 6) is -1.22. The van der Waals surface area contributed by atoms with Crippen LogP contribution in [0.4, 0.5) is 0 Å². The molecule has 0 radical (unpaired) electrons. The van der Waals surface area contributed by atoms with Crippen molar-refractivity contribution in [2.24, 2.45) is 0 Å². The Morgan fingerprint density at radius 3 is 2.32 bits per heavy atom. The van der Waals surface area contributed by atoms with Crippen LogP contribution < -0.4 is 5.32 Å². The van der Waals surface area contributed by atoms with Crippen LogP contribution >= 0.6 is 0 Å². The number of rotatable bonds is 7. The third kappa shape index (κ3) is 4.70. The monoisotopic (exact) mass is 344 g/mol. The molecule has 0 unspecified atom stereocenters. The minimum absolute atomic E-state index is 0.161. The maximum absolute atomic E-state index is 12.4. The van der Waals surface area contributed by atoms with Gasteiger partial charge in [0.25, 0.3) is 5.91 Å². The summed E-state index contributed by atoms with van der Waals surface area (Å²) < 4.78 is 6.98. The molecule has 0 saturated heterocycles. The Balaban J connectivity index is 2.13. The highest BCUT2D eigenvalue weighted by Crippen LogP contribution is 2.22. The molecule has 1 amide bonds. The van der Waals surface area contributed by atoms with Crippen LogP contribution in [0.1, 0.15) is 32.9 Å². The van der Waals surface area contributed by atoms with Crippen molar-refractivity contribution in [2.75, 3.05) is 19.8 Å². The number of aliphatic carboxylic acids is 1. The molecule has 2 aromatic rings. The zero-order valence-electron chi connectivity index (χ0n) is 15.0. The number of hydrogen-bond donors (Lipinski definition) is 2. The second-order valence-electron chi connectivity index (χ2n) is 6.17. The molecule has 1 aromatic heterocycles. The van der Waals surface area contributed by atoms with Gasteiger partial charge in [0.15, 0.2) is 0 Å². The number of carboxylic acids is 1. The second-order valence-corrected chi connectivity index (χ2v) is 6.17. The molecule has 1 aromatic carbocycles. The van der Waals surface area contributed by atoms with Crippen molar-refractivity contribution in [1.82, 2.24) is 9.88 Å². The van der Waals surface area contributed by atoms with E-state index in [4.69, 9.17) is 9.84 Å². The number of aryl methyl sites for hydroxylation is 3. The summed E-state index contributed by atoms with van der Waals surface area (Å²) in [6.45, 7) is 8.05. The van der Waals surface area contributed by atoms with Gasteiger partial charge < -0.3 is 19.7 Å². The summed E-state index contributed by atoms with van der Waals surface area (Å²) in [7, 11) is 0. The van der Waals surface area contributed by atoms with Crippen LogP contribution in [0.15, 0.2) is 24.3 Å². The van der Waals surface area contributed by atoms with Crippen LogP contribution in [0.3, 0.4) is 0 Å². The maximum atomic E-state index is 12.4. The number of carbonyl (C=O) groups is 2. The van der Waals surface area contributed by atoms with E-state index >= 15 is 0 Å². The number of nitrogens with zero attached hydrogens (tertiary/aromatic N) is 1. The first kappa shape index (κ1) is 18.7. The highest BCUT2D eigenvalue weighted by atomic mass is 16.5. The van der Waals surface area contributed by atoms with E-state index < -0.39 is 5.97 Å². The standard InChI is InChI=1S/C19H24N2O4/c1-12-7-13(2)9-16(8-12)21-14(3)10-17(15(21)4)19(24)20-5-6-25-11-18(22)23/h7-10H,5-6,11H2,1-4H3,(H,20,24)(H,22,23). The van der Waals surface area contributed by atoms with Gasteiger partial charge in [-0.25, -0.2) is 4.79 Å². The summed E-state index contributed by atoms with van der Waals surface area (Å²) in [5.41, 5.74) is 5.83. The summed E-state index contributed by atoms with van der Waals surface area (Å²) >= 11 is 0. The largest absolute Gasteiger partial charge is 0.480 e. The molecular weight excluding hydrogens is 320 g/mol. The summed E-state index contributed by atoms with van der Waals surface area (Å²) in [4.78, 5) is 22.8. The Labute approximate surface area is 147 Å². The molecule has 0 aliphatic carbocycles. The molecule has 0 spiro atoms. The van der Waals surface area contributed by atoms with E-state index in [-0.39, 0.29) is 25.7 Å². The lowest BCUT2D eigenvalue weighted by Gasteiger charge is -2.12. The molecule has 0 fully saturated rings.